The van der Waals surface area contributed by atoms with Gasteiger partial charge in [-0.1, -0.05) is 0 Å². The van der Waals surface area contributed by atoms with Crippen molar-refractivity contribution in [3.63, 3.8) is 0 Å². The Morgan fingerprint density at radius 1 is 1.50 bits per heavy atom. The molecule has 5 heteroatoms. The Balaban J connectivity index is 2.17. The van der Waals surface area contributed by atoms with Crippen LogP contribution in [0.25, 0.3) is 0 Å². The van der Waals surface area contributed by atoms with Crippen LogP contribution in [0.3, 0.4) is 0 Å². The first-order valence-electron chi connectivity index (χ1n) is 5.58. The molecule has 2 N–H and O–H groups in total. The fraction of sp³-hybridized carbons (Fsp3) is 0.231. The molecule has 0 saturated heterocycles. The van der Waals surface area contributed by atoms with Crippen LogP contribution in [0, 0.1) is 6.92 Å². The van der Waals surface area contributed by atoms with Crippen molar-refractivity contribution in [1.29, 1.82) is 0 Å². The van der Waals surface area contributed by atoms with Crippen molar-refractivity contribution in [2.75, 3.05) is 5.32 Å². The molecular formula is C13H14N2O2S. The van der Waals surface area contributed by atoms with Crippen LogP contribution in [0.1, 0.15) is 33.9 Å². The first-order valence-corrected chi connectivity index (χ1v) is 6.46. The molecule has 0 saturated carbocycles. The van der Waals surface area contributed by atoms with E-state index in [0.29, 0.717) is 5.56 Å². The summed E-state index contributed by atoms with van der Waals surface area (Å²) in [5, 5.41) is 15.2. The Kier molecular flexibility index (Phi) is 3.62. The molecule has 1 unspecified atom stereocenters. The number of aryl methyl sites for hydroxylation is 1. The highest BCUT2D eigenvalue weighted by Gasteiger charge is 2.10. The highest BCUT2D eigenvalue weighted by molar-refractivity contribution is 7.09. The van der Waals surface area contributed by atoms with Gasteiger partial charge in [-0.2, -0.15) is 0 Å². The molecule has 2 rings (SSSR count). The lowest BCUT2D eigenvalue weighted by molar-refractivity contribution is 0.0697. The minimum atomic E-state index is -0.905. The van der Waals surface area contributed by atoms with Crippen molar-refractivity contribution in [2.24, 2.45) is 0 Å². The van der Waals surface area contributed by atoms with Crippen molar-refractivity contribution >= 4 is 23.0 Å². The van der Waals surface area contributed by atoms with Gasteiger partial charge in [0.25, 0.3) is 0 Å². The van der Waals surface area contributed by atoms with Crippen molar-refractivity contribution < 1.29 is 9.90 Å². The van der Waals surface area contributed by atoms with Gasteiger partial charge < -0.3 is 10.4 Å². The van der Waals surface area contributed by atoms with Gasteiger partial charge in [0, 0.05) is 17.3 Å². The van der Waals surface area contributed by atoms with Crippen LogP contribution in [0.4, 0.5) is 5.69 Å². The minimum Gasteiger partial charge on any atom is -0.478 e. The molecule has 0 amide bonds. The number of thiazole rings is 1. The van der Waals surface area contributed by atoms with E-state index in [0.717, 1.165) is 16.3 Å². The normalized spacial score (nSPS) is 12.1. The molecule has 0 bridgehead atoms. The van der Waals surface area contributed by atoms with Gasteiger partial charge in [0.15, 0.2) is 0 Å². The number of aromatic carboxylic acids is 1. The number of carbonyl (C=O) groups is 1. The van der Waals surface area contributed by atoms with Crippen LogP contribution in [0.15, 0.2) is 29.8 Å². The third-order valence-electron chi connectivity index (χ3n) is 2.67. The maximum absolute atomic E-state index is 10.8. The molecule has 0 radical (unpaired) electrons. The van der Waals surface area contributed by atoms with Crippen molar-refractivity contribution in [3.05, 3.63) is 45.9 Å². The van der Waals surface area contributed by atoms with E-state index in [1.807, 2.05) is 19.2 Å². The monoisotopic (exact) mass is 262 g/mol. The Hall–Kier alpha value is -1.88. The summed E-state index contributed by atoms with van der Waals surface area (Å²) in [6, 6.07) is 5.17. The second kappa shape index (κ2) is 5.18. The van der Waals surface area contributed by atoms with Gasteiger partial charge in [-0.25, -0.2) is 9.78 Å². The highest BCUT2D eigenvalue weighted by Crippen LogP contribution is 2.24. The molecule has 4 nitrogen and oxygen atoms in total. The van der Waals surface area contributed by atoms with Gasteiger partial charge in [0.1, 0.15) is 5.01 Å². The summed E-state index contributed by atoms with van der Waals surface area (Å²) in [4.78, 5) is 15.1. The van der Waals surface area contributed by atoms with Gasteiger partial charge in [0.05, 0.1) is 11.6 Å². The molecule has 0 aliphatic rings. The number of nitrogens with one attached hydrogen (secondary N) is 1. The number of aromatic nitrogens is 1. The van der Waals surface area contributed by atoms with E-state index < -0.39 is 5.97 Å². The Labute approximate surface area is 109 Å². The first kappa shape index (κ1) is 12.6. The zero-order chi connectivity index (χ0) is 13.1. The van der Waals surface area contributed by atoms with Crippen LogP contribution in [-0.2, 0) is 0 Å². The molecule has 1 aromatic heterocycles. The van der Waals surface area contributed by atoms with E-state index in [-0.39, 0.29) is 6.04 Å². The molecular weight excluding hydrogens is 248 g/mol. The molecule has 1 aromatic carbocycles. The largest absolute Gasteiger partial charge is 0.478 e. The van der Waals surface area contributed by atoms with Crippen LogP contribution in [0.5, 0.6) is 0 Å². The second-order valence-electron chi connectivity index (χ2n) is 4.07. The summed E-state index contributed by atoms with van der Waals surface area (Å²) in [6.45, 7) is 3.92. The highest BCUT2D eigenvalue weighted by atomic mass is 32.1. The first-order chi connectivity index (χ1) is 8.58. The van der Waals surface area contributed by atoms with E-state index in [1.165, 1.54) is 0 Å². The Morgan fingerprint density at radius 2 is 2.28 bits per heavy atom. The number of anilines is 1. The van der Waals surface area contributed by atoms with E-state index in [2.05, 4.69) is 10.3 Å². The number of nitrogens with zero attached hydrogens (tertiary/aromatic N) is 1. The zero-order valence-electron chi connectivity index (χ0n) is 10.2. The number of rotatable bonds is 4. The lowest BCUT2D eigenvalue weighted by atomic mass is 10.1. The van der Waals surface area contributed by atoms with Crippen LogP contribution in [-0.4, -0.2) is 16.1 Å². The predicted octanol–water partition coefficient (Wildman–Crippen LogP) is 3.32. The van der Waals surface area contributed by atoms with Crippen molar-refractivity contribution in [1.82, 2.24) is 4.98 Å². The van der Waals surface area contributed by atoms with Crippen molar-refractivity contribution in [2.45, 2.75) is 19.9 Å². The summed E-state index contributed by atoms with van der Waals surface area (Å²) >= 11 is 1.60. The average molecular weight is 262 g/mol. The molecule has 2 aromatic rings. The van der Waals surface area contributed by atoms with Gasteiger partial charge in [-0.05, 0) is 37.6 Å². The molecule has 0 aliphatic heterocycles. The Morgan fingerprint density at radius 3 is 2.83 bits per heavy atom. The SMILES string of the molecule is Cc1cc(C(=O)O)ccc1NC(C)c1nccs1. The summed E-state index contributed by atoms with van der Waals surface area (Å²) in [6.07, 6.45) is 1.78. The molecule has 0 fully saturated rings. The second-order valence-corrected chi connectivity index (χ2v) is 5.00. The minimum absolute atomic E-state index is 0.111. The molecule has 1 atom stereocenters. The molecule has 18 heavy (non-hydrogen) atoms. The topological polar surface area (TPSA) is 62.2 Å². The van der Waals surface area contributed by atoms with Crippen LogP contribution < -0.4 is 5.32 Å². The molecule has 0 spiro atoms. The molecule has 0 aliphatic carbocycles. The lowest BCUT2D eigenvalue weighted by Gasteiger charge is -2.15. The number of benzene rings is 1. The van der Waals surface area contributed by atoms with E-state index in [9.17, 15) is 4.79 Å². The van der Waals surface area contributed by atoms with Crippen molar-refractivity contribution in [3.8, 4) is 0 Å². The van der Waals surface area contributed by atoms with E-state index in [4.69, 9.17) is 5.11 Å². The van der Waals surface area contributed by atoms with Crippen LogP contribution in [0.2, 0.25) is 0 Å². The summed E-state index contributed by atoms with van der Waals surface area (Å²) in [5.41, 5.74) is 2.15. The number of carboxylic acids is 1. The van der Waals surface area contributed by atoms with Gasteiger partial charge >= 0.3 is 5.97 Å². The maximum atomic E-state index is 10.8. The standard InChI is InChI=1S/C13H14N2O2S/c1-8-7-10(13(16)17)3-4-11(8)15-9(2)12-14-5-6-18-12/h3-7,9,15H,1-2H3,(H,16,17). The van der Waals surface area contributed by atoms with E-state index >= 15 is 0 Å². The zero-order valence-corrected chi connectivity index (χ0v) is 11.0. The predicted molar refractivity (Wildman–Crippen MR) is 72.3 cm³/mol. The number of hydrogen-bond acceptors (Lipinski definition) is 4. The van der Waals surface area contributed by atoms with Crippen LogP contribution >= 0.6 is 11.3 Å². The quantitative estimate of drug-likeness (QED) is 0.887. The maximum Gasteiger partial charge on any atom is 0.335 e. The summed E-state index contributed by atoms with van der Waals surface area (Å²) in [5.74, 6) is -0.905. The van der Waals surface area contributed by atoms with Gasteiger partial charge in [-0.15, -0.1) is 11.3 Å². The fourth-order valence-electron chi connectivity index (χ4n) is 1.70. The summed E-state index contributed by atoms with van der Waals surface area (Å²) < 4.78 is 0. The third-order valence-corrected chi connectivity index (χ3v) is 3.63. The fourth-order valence-corrected chi connectivity index (χ4v) is 2.35. The molecule has 94 valence electrons. The number of hydrogen-bond donors (Lipinski definition) is 2. The van der Waals surface area contributed by atoms with Gasteiger partial charge in [0.2, 0.25) is 0 Å². The number of carboxylic acid groups (broad SMARTS) is 1. The summed E-state index contributed by atoms with van der Waals surface area (Å²) in [7, 11) is 0. The van der Waals surface area contributed by atoms with E-state index in [1.54, 1.807) is 35.7 Å². The Bertz CT molecular complexity index is 552. The molecule has 1 heterocycles. The smallest absolute Gasteiger partial charge is 0.335 e. The third kappa shape index (κ3) is 2.68. The van der Waals surface area contributed by atoms with Gasteiger partial charge in [-0.3, -0.25) is 0 Å². The lowest BCUT2D eigenvalue weighted by Crippen LogP contribution is -2.08. The average Bonchev–Trinajstić information content (AvgIpc) is 2.85.